The molecule has 4 heterocycles. The van der Waals surface area contributed by atoms with Crippen LogP contribution in [-0.4, -0.2) is 112 Å². The van der Waals surface area contributed by atoms with E-state index in [0.29, 0.717) is 17.5 Å². The van der Waals surface area contributed by atoms with Crippen LogP contribution in [0.1, 0.15) is 182 Å². The van der Waals surface area contributed by atoms with Gasteiger partial charge in [0.15, 0.2) is 0 Å². The molecule has 372 valence electrons. The van der Waals surface area contributed by atoms with Gasteiger partial charge in [0.25, 0.3) is 0 Å². The van der Waals surface area contributed by atoms with Crippen molar-refractivity contribution < 1.29 is 13.2 Å². The topological polar surface area (TPSA) is 69.2 Å². The number of ether oxygens (including phenoxy) is 1. The lowest BCUT2D eigenvalue weighted by Crippen LogP contribution is -2.56. The van der Waals surface area contributed by atoms with Crippen molar-refractivity contribution in [2.45, 2.75) is 209 Å². The predicted molar refractivity (Wildman–Crippen MR) is 284 cm³/mol. The van der Waals surface area contributed by atoms with Gasteiger partial charge in [-0.3, -0.25) is 14.8 Å². The van der Waals surface area contributed by atoms with Crippen LogP contribution in [-0.2, 0) is 9.84 Å². The van der Waals surface area contributed by atoms with Gasteiger partial charge in [-0.05, 0) is 100 Å². The molecule has 8 nitrogen and oxygen atoms in total. The van der Waals surface area contributed by atoms with E-state index in [1.807, 2.05) is 32.0 Å². The number of piperazine rings is 1. The molecule has 0 saturated carbocycles. The second-order valence-corrected chi connectivity index (χ2v) is 22.1. The Morgan fingerprint density at radius 1 is 0.606 bits per heavy atom. The lowest BCUT2D eigenvalue weighted by molar-refractivity contribution is 0.0384. The Morgan fingerprint density at radius 3 is 1.55 bits per heavy atom. The molecule has 0 radical (unpaired) electrons. The molecule has 0 spiro atoms. The van der Waals surface area contributed by atoms with Crippen molar-refractivity contribution in [3.05, 3.63) is 48.7 Å². The highest BCUT2D eigenvalue weighted by molar-refractivity contribution is 7.98. The monoisotopic (exact) mass is 948 g/mol. The van der Waals surface area contributed by atoms with E-state index in [2.05, 4.69) is 51.8 Å². The largest absolute Gasteiger partial charge is 0.494 e. The SMILES string of the molecule is CC.CCCCCCCCCCCCCCCCCCCCCCOc1ccc(S(=O)(=O)c2cnc3ccc(SC)cc3c2N2CCC(N3CCN(C4CCN(CC)CC4)CC3)CC2)cc1. The first kappa shape index (κ1) is 54.6. The minimum absolute atomic E-state index is 0.287. The first-order valence-corrected chi connectivity index (χ1v) is 30.0. The fourth-order valence-electron chi connectivity index (χ4n) is 10.7. The van der Waals surface area contributed by atoms with Crippen molar-refractivity contribution in [3.8, 4) is 5.75 Å². The number of sulfone groups is 1. The summed E-state index contributed by atoms with van der Waals surface area (Å²) in [4.78, 5) is 16.8. The number of aromatic nitrogens is 1. The molecule has 3 aliphatic rings. The molecule has 0 atom stereocenters. The molecule has 3 fully saturated rings. The highest BCUT2D eigenvalue weighted by atomic mass is 32.2. The summed E-state index contributed by atoms with van der Waals surface area (Å²) in [6.45, 7) is 19.1. The number of fused-ring (bicyclic) bond motifs is 1. The number of likely N-dealkylation sites (tertiary alicyclic amines) is 1. The molecule has 66 heavy (non-hydrogen) atoms. The van der Waals surface area contributed by atoms with Crippen LogP contribution < -0.4 is 9.64 Å². The van der Waals surface area contributed by atoms with E-state index in [4.69, 9.17) is 9.72 Å². The number of unbranched alkanes of at least 4 members (excludes halogenated alkanes) is 19. The molecular weight excluding hydrogens is 855 g/mol. The number of benzene rings is 2. The number of hydrogen-bond acceptors (Lipinski definition) is 9. The lowest BCUT2D eigenvalue weighted by atomic mass is 9.99. The number of piperidine rings is 2. The number of nitrogens with zero attached hydrogens (tertiary/aromatic N) is 5. The normalized spacial score (nSPS) is 17.3. The number of hydrogen-bond donors (Lipinski definition) is 0. The zero-order chi connectivity index (χ0) is 46.8. The van der Waals surface area contributed by atoms with Crippen molar-refractivity contribution in [3.63, 3.8) is 0 Å². The summed E-state index contributed by atoms with van der Waals surface area (Å²) in [6.07, 6.45) is 35.7. The maximum Gasteiger partial charge on any atom is 0.210 e. The summed E-state index contributed by atoms with van der Waals surface area (Å²) in [7, 11) is -3.84. The van der Waals surface area contributed by atoms with E-state index in [-0.39, 0.29) is 4.90 Å². The van der Waals surface area contributed by atoms with Gasteiger partial charge in [-0.1, -0.05) is 150 Å². The quantitative estimate of drug-likeness (QED) is 0.0500. The molecular formula is C56H93N5O3S2. The van der Waals surface area contributed by atoms with E-state index in [0.717, 1.165) is 91.8 Å². The van der Waals surface area contributed by atoms with E-state index < -0.39 is 9.84 Å². The van der Waals surface area contributed by atoms with Gasteiger partial charge in [-0.15, -0.1) is 11.8 Å². The summed E-state index contributed by atoms with van der Waals surface area (Å²) >= 11 is 1.68. The second-order valence-electron chi connectivity index (χ2n) is 19.4. The average Bonchev–Trinajstić information content (AvgIpc) is 3.37. The minimum Gasteiger partial charge on any atom is -0.494 e. The first-order chi connectivity index (χ1) is 32.4. The third-order valence-electron chi connectivity index (χ3n) is 14.9. The van der Waals surface area contributed by atoms with Crippen LogP contribution >= 0.6 is 11.8 Å². The smallest absolute Gasteiger partial charge is 0.210 e. The first-order valence-electron chi connectivity index (χ1n) is 27.3. The third kappa shape index (κ3) is 17.2. The molecule has 0 amide bonds. The number of anilines is 1. The Morgan fingerprint density at radius 2 is 1.08 bits per heavy atom. The van der Waals surface area contributed by atoms with Crippen LogP contribution in [0.25, 0.3) is 10.9 Å². The van der Waals surface area contributed by atoms with E-state index in [9.17, 15) is 8.42 Å². The van der Waals surface area contributed by atoms with E-state index in [1.54, 1.807) is 30.1 Å². The zero-order valence-corrected chi connectivity index (χ0v) is 44.2. The van der Waals surface area contributed by atoms with Crippen LogP contribution in [0.5, 0.6) is 5.75 Å². The van der Waals surface area contributed by atoms with Crippen molar-refractivity contribution in [1.29, 1.82) is 0 Å². The molecule has 6 rings (SSSR count). The fraction of sp³-hybridized carbons (Fsp3) is 0.732. The van der Waals surface area contributed by atoms with Gasteiger partial charge in [0, 0.05) is 67.8 Å². The van der Waals surface area contributed by atoms with Crippen LogP contribution in [0.4, 0.5) is 5.69 Å². The van der Waals surface area contributed by atoms with Gasteiger partial charge in [0.2, 0.25) is 9.84 Å². The van der Waals surface area contributed by atoms with Crippen molar-refractivity contribution in [2.75, 3.05) is 76.7 Å². The Bertz CT molecular complexity index is 1850. The molecule has 0 bridgehead atoms. The van der Waals surface area contributed by atoms with Crippen molar-refractivity contribution in [1.82, 2.24) is 19.7 Å². The van der Waals surface area contributed by atoms with Crippen LogP contribution in [0.3, 0.4) is 0 Å². The average molecular weight is 949 g/mol. The minimum atomic E-state index is -3.84. The molecule has 0 unspecified atom stereocenters. The zero-order valence-electron chi connectivity index (χ0n) is 42.6. The van der Waals surface area contributed by atoms with Gasteiger partial charge in [-0.2, -0.15) is 0 Å². The summed E-state index contributed by atoms with van der Waals surface area (Å²) < 4.78 is 35.2. The number of thioether (sulfide) groups is 1. The Hall–Kier alpha value is -2.37. The number of pyridine rings is 1. The maximum absolute atomic E-state index is 14.5. The molecule has 10 heteroatoms. The van der Waals surface area contributed by atoms with Gasteiger partial charge in [0.1, 0.15) is 10.6 Å². The van der Waals surface area contributed by atoms with Crippen LogP contribution in [0.2, 0.25) is 0 Å². The van der Waals surface area contributed by atoms with Gasteiger partial charge < -0.3 is 14.5 Å². The van der Waals surface area contributed by atoms with Gasteiger partial charge >= 0.3 is 0 Å². The van der Waals surface area contributed by atoms with E-state index >= 15 is 0 Å². The summed E-state index contributed by atoms with van der Waals surface area (Å²) in [6, 6.07) is 14.6. The summed E-state index contributed by atoms with van der Waals surface area (Å²) in [5.41, 5.74) is 1.64. The fourth-order valence-corrected chi connectivity index (χ4v) is 12.6. The van der Waals surface area contributed by atoms with Crippen molar-refractivity contribution >= 4 is 38.2 Å². The third-order valence-corrected chi connectivity index (χ3v) is 17.4. The highest BCUT2D eigenvalue weighted by Crippen LogP contribution is 2.39. The molecule has 3 aromatic rings. The molecule has 3 aliphatic heterocycles. The molecule has 0 N–H and O–H groups in total. The van der Waals surface area contributed by atoms with Crippen LogP contribution in [0.15, 0.2) is 63.3 Å². The summed E-state index contributed by atoms with van der Waals surface area (Å²) in [5, 5.41) is 0.920. The standard InChI is InChI=1S/C54H87N5O3S2.C2H6/c1-4-6-7-8-9-10-11-12-13-14-15-16-17-18-19-20-21-22-23-24-43-62-48-25-28-50(29-26-48)64(60,61)53-45-55-52-30-27-49(63-3)44-51(52)54(53)59-37-33-47(34-38-59)58-41-39-57(40-42-58)46-31-35-56(5-2)36-32-46;1-2/h25-30,44-47H,4-24,31-43H2,1-3H3;1-2H3. The second kappa shape index (κ2) is 31.0. The molecule has 3 saturated heterocycles. The van der Waals surface area contributed by atoms with Gasteiger partial charge in [-0.25, -0.2) is 8.42 Å². The van der Waals surface area contributed by atoms with Crippen molar-refractivity contribution in [2.24, 2.45) is 0 Å². The molecule has 2 aromatic carbocycles. The Kier molecular flexibility index (Phi) is 25.6. The highest BCUT2D eigenvalue weighted by Gasteiger charge is 2.34. The Balaban J connectivity index is 0.00000403. The predicted octanol–water partition coefficient (Wildman–Crippen LogP) is 14.1. The number of rotatable bonds is 29. The molecule has 0 aliphatic carbocycles. The van der Waals surface area contributed by atoms with Gasteiger partial charge in [0.05, 0.1) is 22.7 Å². The Labute approximate surface area is 408 Å². The molecule has 1 aromatic heterocycles. The van der Waals surface area contributed by atoms with E-state index in [1.165, 1.54) is 154 Å². The summed E-state index contributed by atoms with van der Waals surface area (Å²) in [5.74, 6) is 0.725. The maximum atomic E-state index is 14.5. The van der Waals surface area contributed by atoms with Crippen LogP contribution in [0, 0.1) is 0 Å². The lowest BCUT2D eigenvalue weighted by Gasteiger charge is -2.46.